The van der Waals surface area contributed by atoms with Gasteiger partial charge in [-0.05, 0) is 24.6 Å². The maximum atomic E-state index is 10.1. The zero-order valence-corrected chi connectivity index (χ0v) is 18.9. The highest BCUT2D eigenvalue weighted by Crippen LogP contribution is 2.36. The third-order valence-electron chi connectivity index (χ3n) is 5.72. The summed E-state index contributed by atoms with van der Waals surface area (Å²) in [5.41, 5.74) is 0. The molecule has 152 valence electrons. The normalized spacial score (nSPS) is 15.4. The van der Waals surface area contributed by atoms with Crippen LogP contribution < -0.4 is 0 Å². The van der Waals surface area contributed by atoms with Gasteiger partial charge in [-0.15, -0.1) is 0 Å². The van der Waals surface area contributed by atoms with Crippen LogP contribution >= 0.6 is 0 Å². The lowest BCUT2D eigenvalue weighted by atomic mass is 10.0. The Morgan fingerprint density at radius 3 is 1.64 bits per heavy atom. The summed E-state index contributed by atoms with van der Waals surface area (Å²) in [6.07, 6.45) is 12.1. The van der Waals surface area contributed by atoms with E-state index in [1.807, 2.05) is 0 Å². The molecule has 0 aromatic carbocycles. The Labute approximate surface area is 158 Å². The predicted octanol–water partition coefficient (Wildman–Crippen LogP) is 6.04. The fraction of sp³-hybridized carbons (Fsp3) is 1.00. The Kier molecular flexibility index (Phi) is 13.3. The van der Waals surface area contributed by atoms with Crippen molar-refractivity contribution >= 4 is 8.32 Å². The van der Waals surface area contributed by atoms with Gasteiger partial charge in [0.15, 0.2) is 8.32 Å². The molecule has 25 heavy (non-hydrogen) atoms. The first-order valence-electron chi connectivity index (χ1n) is 10.6. The van der Waals surface area contributed by atoms with E-state index in [2.05, 4.69) is 40.8 Å². The van der Waals surface area contributed by atoms with Crippen molar-refractivity contribution in [2.75, 3.05) is 6.61 Å². The van der Waals surface area contributed by atoms with E-state index in [9.17, 15) is 10.2 Å². The molecule has 0 saturated heterocycles. The Hall–Kier alpha value is 0.0969. The molecule has 2 atom stereocenters. The van der Waals surface area contributed by atoms with E-state index in [-0.39, 0.29) is 11.6 Å². The zero-order chi connectivity index (χ0) is 19.3. The monoisotopic (exact) mass is 374 g/mol. The van der Waals surface area contributed by atoms with Crippen LogP contribution in [0.15, 0.2) is 0 Å². The van der Waals surface area contributed by atoms with Crippen molar-refractivity contribution in [2.24, 2.45) is 0 Å². The summed E-state index contributed by atoms with van der Waals surface area (Å²) in [6.45, 7) is 13.4. The highest BCUT2D eigenvalue weighted by atomic mass is 28.4. The first kappa shape index (κ1) is 25.1. The van der Waals surface area contributed by atoms with E-state index < -0.39 is 20.5 Å². The lowest BCUT2D eigenvalue weighted by molar-refractivity contribution is -0.0155. The quantitative estimate of drug-likeness (QED) is 0.271. The third-order valence-corrected chi connectivity index (χ3v) is 10.2. The van der Waals surface area contributed by atoms with Crippen molar-refractivity contribution in [2.45, 2.75) is 129 Å². The number of aliphatic hydroxyl groups is 2. The highest BCUT2D eigenvalue weighted by Gasteiger charge is 2.37. The Bertz CT molecular complexity index is 313. The third kappa shape index (κ3) is 12.2. The highest BCUT2D eigenvalue weighted by molar-refractivity contribution is 6.74. The number of hydrogen-bond acceptors (Lipinski definition) is 3. The molecule has 0 heterocycles. The standard InChI is InChI=1S/C21H46O3Si/c1-7-8-9-10-11-12-13-14-15-16-17-19(22)20(23)18-24-25(5,6)21(2,3)4/h19-20,22-23H,7-18H2,1-6H3/t19-,20-/m1/s1. The van der Waals surface area contributed by atoms with E-state index in [1.165, 1.54) is 51.4 Å². The van der Waals surface area contributed by atoms with E-state index in [1.54, 1.807) is 0 Å². The van der Waals surface area contributed by atoms with E-state index in [0.29, 0.717) is 6.42 Å². The molecule has 0 bridgehead atoms. The van der Waals surface area contributed by atoms with Crippen LogP contribution in [0.2, 0.25) is 18.1 Å². The molecule has 4 heteroatoms. The number of unbranched alkanes of at least 4 members (excludes halogenated alkanes) is 9. The van der Waals surface area contributed by atoms with Crippen molar-refractivity contribution in [3.63, 3.8) is 0 Å². The van der Waals surface area contributed by atoms with Gasteiger partial charge in [0, 0.05) is 0 Å². The van der Waals surface area contributed by atoms with Crippen LogP contribution in [0.1, 0.15) is 98.3 Å². The number of hydrogen-bond donors (Lipinski definition) is 2. The maximum absolute atomic E-state index is 10.1. The summed E-state index contributed by atoms with van der Waals surface area (Å²) in [4.78, 5) is 0. The second-order valence-electron chi connectivity index (χ2n) is 9.18. The molecule has 0 fully saturated rings. The van der Waals surface area contributed by atoms with Crippen LogP contribution in [-0.2, 0) is 4.43 Å². The molecule has 0 radical (unpaired) electrons. The maximum Gasteiger partial charge on any atom is 0.192 e. The van der Waals surface area contributed by atoms with Crippen LogP contribution in [0.25, 0.3) is 0 Å². The smallest absolute Gasteiger partial charge is 0.192 e. The Balaban J connectivity index is 3.67. The molecule has 0 rings (SSSR count). The van der Waals surface area contributed by atoms with Gasteiger partial charge in [0.25, 0.3) is 0 Å². The van der Waals surface area contributed by atoms with Gasteiger partial charge < -0.3 is 14.6 Å². The first-order chi connectivity index (χ1) is 11.6. The van der Waals surface area contributed by atoms with Crippen molar-refractivity contribution in [1.82, 2.24) is 0 Å². The van der Waals surface area contributed by atoms with Gasteiger partial charge in [-0.2, -0.15) is 0 Å². The van der Waals surface area contributed by atoms with Crippen molar-refractivity contribution in [3.05, 3.63) is 0 Å². The van der Waals surface area contributed by atoms with Crippen LogP contribution in [0.3, 0.4) is 0 Å². The molecule has 0 aromatic rings. The summed E-state index contributed by atoms with van der Waals surface area (Å²) < 4.78 is 6.01. The van der Waals surface area contributed by atoms with Crippen molar-refractivity contribution in [1.29, 1.82) is 0 Å². The van der Waals surface area contributed by atoms with Gasteiger partial charge in [0.05, 0.1) is 12.7 Å². The average Bonchev–Trinajstić information content (AvgIpc) is 2.53. The molecule has 0 aliphatic rings. The van der Waals surface area contributed by atoms with E-state index in [4.69, 9.17) is 4.43 Å². The molecule has 2 N–H and O–H groups in total. The molecule has 0 saturated carbocycles. The van der Waals surface area contributed by atoms with Crippen molar-refractivity contribution in [3.8, 4) is 0 Å². The minimum Gasteiger partial charge on any atom is -0.414 e. The van der Waals surface area contributed by atoms with Crippen LogP contribution in [0.5, 0.6) is 0 Å². The molecule has 0 unspecified atom stereocenters. The first-order valence-corrected chi connectivity index (χ1v) is 13.5. The molecule has 0 aromatic heterocycles. The minimum atomic E-state index is -1.85. The van der Waals surface area contributed by atoms with E-state index in [0.717, 1.165) is 12.8 Å². The van der Waals surface area contributed by atoms with Crippen molar-refractivity contribution < 1.29 is 14.6 Å². The molecule has 0 aliphatic heterocycles. The largest absolute Gasteiger partial charge is 0.414 e. The zero-order valence-electron chi connectivity index (χ0n) is 17.9. The van der Waals surface area contributed by atoms with Gasteiger partial charge in [-0.3, -0.25) is 0 Å². The van der Waals surface area contributed by atoms with Crippen LogP contribution in [0, 0.1) is 0 Å². The Morgan fingerprint density at radius 1 is 0.760 bits per heavy atom. The van der Waals surface area contributed by atoms with Gasteiger partial charge >= 0.3 is 0 Å². The molecule has 0 amide bonds. The lowest BCUT2D eigenvalue weighted by Gasteiger charge is -2.37. The summed E-state index contributed by atoms with van der Waals surface area (Å²) in [6, 6.07) is 0. The SMILES string of the molecule is CCCCCCCCCCCC[C@@H](O)[C@H](O)CO[Si](C)(C)C(C)(C)C. The van der Waals surface area contributed by atoms with Gasteiger partial charge in [0.2, 0.25) is 0 Å². The fourth-order valence-corrected chi connectivity index (χ4v) is 3.68. The van der Waals surface area contributed by atoms with Gasteiger partial charge in [-0.1, -0.05) is 91.9 Å². The summed E-state index contributed by atoms with van der Waals surface area (Å²) in [7, 11) is -1.85. The average molecular weight is 375 g/mol. The predicted molar refractivity (Wildman–Crippen MR) is 112 cm³/mol. The van der Waals surface area contributed by atoms with E-state index >= 15 is 0 Å². The summed E-state index contributed by atoms with van der Waals surface area (Å²) in [5, 5.41) is 20.4. The van der Waals surface area contributed by atoms with Crippen LogP contribution in [-0.4, -0.2) is 37.3 Å². The minimum absolute atomic E-state index is 0.133. The number of rotatable bonds is 15. The molecular weight excluding hydrogens is 328 g/mol. The van der Waals surface area contributed by atoms with Crippen LogP contribution in [0.4, 0.5) is 0 Å². The van der Waals surface area contributed by atoms with Gasteiger partial charge in [0.1, 0.15) is 6.10 Å². The fourth-order valence-electron chi connectivity index (χ4n) is 2.65. The van der Waals surface area contributed by atoms with Gasteiger partial charge in [-0.25, -0.2) is 0 Å². The topological polar surface area (TPSA) is 49.7 Å². The molecule has 0 aliphatic carbocycles. The summed E-state index contributed by atoms with van der Waals surface area (Å²) in [5.74, 6) is 0. The molecular formula is C21H46O3Si. The molecule has 3 nitrogen and oxygen atoms in total. The molecule has 0 spiro atoms. The lowest BCUT2D eigenvalue weighted by Crippen LogP contribution is -2.44. The Morgan fingerprint density at radius 2 is 1.20 bits per heavy atom. The second kappa shape index (κ2) is 13.3. The second-order valence-corrected chi connectivity index (χ2v) is 14.0. The number of aliphatic hydroxyl groups excluding tert-OH is 2. The summed E-state index contributed by atoms with van der Waals surface area (Å²) >= 11 is 0.